The number of carbonyl (C=O) groups is 1. The first-order valence-corrected chi connectivity index (χ1v) is 8.23. The van der Waals surface area contributed by atoms with Crippen molar-refractivity contribution in [3.05, 3.63) is 39.3 Å². The Morgan fingerprint density at radius 1 is 1.40 bits per heavy atom. The van der Waals surface area contributed by atoms with Crippen LogP contribution in [0.25, 0.3) is 10.6 Å². The molecule has 0 amide bonds. The second-order valence-corrected chi connectivity index (χ2v) is 6.65. The number of esters is 1. The van der Waals surface area contributed by atoms with Gasteiger partial charge in [0.15, 0.2) is 0 Å². The lowest BCUT2D eigenvalue weighted by atomic mass is 10.2. The first-order chi connectivity index (χ1) is 9.69. The predicted molar refractivity (Wildman–Crippen MR) is 83.2 cm³/mol. The lowest BCUT2D eigenvalue weighted by molar-refractivity contribution is 0.0530. The minimum atomic E-state index is -0.240. The van der Waals surface area contributed by atoms with E-state index >= 15 is 0 Å². The number of aromatic nitrogens is 1. The Kier molecular flexibility index (Phi) is 3.89. The number of hydrogen-bond acceptors (Lipinski definition) is 4. The summed E-state index contributed by atoms with van der Waals surface area (Å²) in [5.74, 6) is 0.199. The van der Waals surface area contributed by atoms with Gasteiger partial charge in [0.1, 0.15) is 9.88 Å². The van der Waals surface area contributed by atoms with Gasteiger partial charge in [0.05, 0.1) is 12.3 Å². The van der Waals surface area contributed by atoms with Crippen molar-refractivity contribution in [2.75, 3.05) is 6.61 Å². The Bertz CT molecular complexity index is 632. The number of benzene rings is 1. The third-order valence-electron chi connectivity index (χ3n) is 3.17. The highest BCUT2D eigenvalue weighted by Crippen LogP contribution is 2.44. The van der Waals surface area contributed by atoms with Crippen LogP contribution >= 0.6 is 27.3 Å². The Hall–Kier alpha value is -1.20. The monoisotopic (exact) mass is 351 g/mol. The molecule has 5 heteroatoms. The number of ether oxygens (including phenoxy) is 1. The van der Waals surface area contributed by atoms with Crippen molar-refractivity contribution in [1.29, 1.82) is 0 Å². The molecule has 1 aromatic heterocycles. The number of nitrogens with zero attached hydrogens (tertiary/aromatic N) is 1. The van der Waals surface area contributed by atoms with E-state index in [1.165, 1.54) is 11.3 Å². The molecule has 1 aromatic carbocycles. The van der Waals surface area contributed by atoms with Crippen molar-refractivity contribution in [2.24, 2.45) is 0 Å². The highest BCUT2D eigenvalue weighted by Gasteiger charge is 2.32. The lowest BCUT2D eigenvalue weighted by Crippen LogP contribution is -2.05. The summed E-state index contributed by atoms with van der Waals surface area (Å²) in [6, 6.07) is 7.98. The molecule has 3 nitrogen and oxygen atoms in total. The Labute approximate surface area is 130 Å². The van der Waals surface area contributed by atoms with E-state index in [0.717, 1.165) is 33.6 Å². The van der Waals surface area contributed by atoms with E-state index in [0.29, 0.717) is 17.4 Å². The molecule has 0 atom stereocenters. The fourth-order valence-electron chi connectivity index (χ4n) is 2.02. The molecule has 1 aliphatic rings. The molecule has 0 aliphatic heterocycles. The summed E-state index contributed by atoms with van der Waals surface area (Å²) >= 11 is 4.86. The van der Waals surface area contributed by atoms with Crippen molar-refractivity contribution >= 4 is 33.2 Å². The van der Waals surface area contributed by atoms with Gasteiger partial charge in [-0.25, -0.2) is 9.78 Å². The van der Waals surface area contributed by atoms with E-state index in [2.05, 4.69) is 20.9 Å². The summed E-state index contributed by atoms with van der Waals surface area (Å²) in [6.07, 6.45) is 2.24. The maximum atomic E-state index is 12.0. The van der Waals surface area contributed by atoms with Crippen molar-refractivity contribution in [2.45, 2.75) is 25.7 Å². The first kappa shape index (κ1) is 13.8. The minimum Gasteiger partial charge on any atom is -0.462 e. The van der Waals surface area contributed by atoms with Gasteiger partial charge in [-0.1, -0.05) is 28.1 Å². The Balaban J connectivity index is 1.98. The zero-order chi connectivity index (χ0) is 14.1. The topological polar surface area (TPSA) is 39.2 Å². The van der Waals surface area contributed by atoms with Crippen LogP contribution in [-0.4, -0.2) is 17.6 Å². The van der Waals surface area contributed by atoms with E-state index in [9.17, 15) is 4.79 Å². The van der Waals surface area contributed by atoms with Crippen molar-refractivity contribution in [1.82, 2.24) is 4.98 Å². The maximum absolute atomic E-state index is 12.0. The molecule has 1 saturated carbocycles. The summed E-state index contributed by atoms with van der Waals surface area (Å²) in [6.45, 7) is 2.22. The van der Waals surface area contributed by atoms with Gasteiger partial charge in [0, 0.05) is 16.0 Å². The van der Waals surface area contributed by atoms with Crippen LogP contribution in [0.15, 0.2) is 28.7 Å². The van der Waals surface area contributed by atoms with Crippen LogP contribution in [-0.2, 0) is 4.74 Å². The van der Waals surface area contributed by atoms with Gasteiger partial charge >= 0.3 is 5.97 Å². The summed E-state index contributed by atoms with van der Waals surface area (Å²) in [4.78, 5) is 17.4. The van der Waals surface area contributed by atoms with Gasteiger partial charge in [-0.15, -0.1) is 11.3 Å². The highest BCUT2D eigenvalue weighted by molar-refractivity contribution is 9.10. The largest absolute Gasteiger partial charge is 0.462 e. The molecule has 1 heterocycles. The number of rotatable bonds is 4. The Morgan fingerprint density at radius 3 is 2.70 bits per heavy atom. The van der Waals surface area contributed by atoms with Crippen LogP contribution in [0.2, 0.25) is 0 Å². The Morgan fingerprint density at radius 2 is 2.10 bits per heavy atom. The van der Waals surface area contributed by atoms with E-state index in [1.54, 1.807) is 0 Å². The van der Waals surface area contributed by atoms with Crippen LogP contribution in [0.3, 0.4) is 0 Å². The summed E-state index contributed by atoms with van der Waals surface area (Å²) < 4.78 is 6.17. The fourth-order valence-corrected chi connectivity index (χ4v) is 3.34. The summed E-state index contributed by atoms with van der Waals surface area (Å²) in [7, 11) is 0. The number of carbonyl (C=O) groups excluding carboxylic acids is 1. The van der Waals surface area contributed by atoms with Crippen LogP contribution in [0.1, 0.15) is 41.0 Å². The van der Waals surface area contributed by atoms with Gasteiger partial charge < -0.3 is 4.74 Å². The molecular formula is C15H14BrNO2S. The van der Waals surface area contributed by atoms with Crippen LogP contribution in [0.5, 0.6) is 0 Å². The molecule has 0 radical (unpaired) electrons. The van der Waals surface area contributed by atoms with E-state index in [-0.39, 0.29) is 5.97 Å². The normalized spacial score (nSPS) is 14.3. The quantitative estimate of drug-likeness (QED) is 0.754. The molecule has 0 bridgehead atoms. The van der Waals surface area contributed by atoms with Crippen LogP contribution in [0.4, 0.5) is 0 Å². The van der Waals surface area contributed by atoms with Crippen molar-refractivity contribution in [3.8, 4) is 10.6 Å². The van der Waals surface area contributed by atoms with Gasteiger partial charge in [-0.2, -0.15) is 0 Å². The average Bonchev–Trinajstić information content (AvgIpc) is 3.19. The third-order valence-corrected chi connectivity index (χ3v) is 4.80. The molecule has 0 N–H and O–H groups in total. The van der Waals surface area contributed by atoms with Gasteiger partial charge in [-0.3, -0.25) is 0 Å². The van der Waals surface area contributed by atoms with Gasteiger partial charge in [-0.05, 0) is 31.9 Å². The molecule has 3 rings (SSSR count). The zero-order valence-corrected chi connectivity index (χ0v) is 13.5. The van der Waals surface area contributed by atoms with E-state index in [4.69, 9.17) is 4.74 Å². The van der Waals surface area contributed by atoms with Crippen LogP contribution in [0, 0.1) is 0 Å². The highest BCUT2D eigenvalue weighted by atomic mass is 79.9. The molecule has 0 saturated heterocycles. The van der Waals surface area contributed by atoms with Gasteiger partial charge in [0.2, 0.25) is 0 Å². The van der Waals surface area contributed by atoms with Gasteiger partial charge in [0.25, 0.3) is 0 Å². The molecule has 0 unspecified atom stereocenters. The van der Waals surface area contributed by atoms with E-state index in [1.807, 2.05) is 31.2 Å². The molecular weight excluding hydrogens is 338 g/mol. The maximum Gasteiger partial charge on any atom is 0.350 e. The average molecular weight is 352 g/mol. The predicted octanol–water partition coefficient (Wildman–Crippen LogP) is 4.63. The molecule has 104 valence electrons. The van der Waals surface area contributed by atoms with E-state index < -0.39 is 0 Å². The standard InChI is InChI=1S/C15H14BrNO2S/c1-2-19-15(18)13-12(9-3-4-9)17-14(20-13)10-5-7-11(16)8-6-10/h5-9H,2-4H2,1H3. The fraction of sp³-hybridized carbons (Fsp3) is 0.333. The molecule has 1 aliphatic carbocycles. The zero-order valence-electron chi connectivity index (χ0n) is 11.1. The molecule has 0 spiro atoms. The smallest absolute Gasteiger partial charge is 0.350 e. The molecule has 2 aromatic rings. The third kappa shape index (κ3) is 2.79. The number of thiazole rings is 1. The minimum absolute atomic E-state index is 0.240. The number of hydrogen-bond donors (Lipinski definition) is 0. The van der Waals surface area contributed by atoms with Crippen molar-refractivity contribution in [3.63, 3.8) is 0 Å². The second-order valence-electron chi connectivity index (χ2n) is 4.74. The SMILES string of the molecule is CCOC(=O)c1sc(-c2ccc(Br)cc2)nc1C1CC1. The van der Waals surface area contributed by atoms with Crippen LogP contribution < -0.4 is 0 Å². The summed E-state index contributed by atoms with van der Waals surface area (Å²) in [5, 5.41) is 0.891. The molecule has 20 heavy (non-hydrogen) atoms. The summed E-state index contributed by atoms with van der Waals surface area (Å²) in [5.41, 5.74) is 1.96. The first-order valence-electron chi connectivity index (χ1n) is 6.63. The molecule has 1 fully saturated rings. The second kappa shape index (κ2) is 5.66. The lowest BCUT2D eigenvalue weighted by Gasteiger charge is -1.99. The number of halogens is 1. The van der Waals surface area contributed by atoms with Crippen molar-refractivity contribution < 1.29 is 9.53 Å².